The normalized spacial score (nSPS) is 16.2. The molecule has 1 aromatic carbocycles. The highest BCUT2D eigenvalue weighted by Gasteiger charge is 2.33. The van der Waals surface area contributed by atoms with Crippen LogP contribution in [0.5, 0.6) is 5.75 Å². The molecule has 3 rings (SSSR count). The van der Waals surface area contributed by atoms with E-state index in [-0.39, 0.29) is 15.6 Å². The number of rotatable bonds is 4. The van der Waals surface area contributed by atoms with Gasteiger partial charge >= 0.3 is 0 Å². The molecule has 2 amide bonds. The van der Waals surface area contributed by atoms with Crippen molar-refractivity contribution in [1.29, 1.82) is 0 Å². The highest BCUT2D eigenvalue weighted by molar-refractivity contribution is 8.26. The second kappa shape index (κ2) is 7.37. The van der Waals surface area contributed by atoms with Crippen molar-refractivity contribution in [3.8, 4) is 5.75 Å². The number of hydrogen-bond acceptors (Lipinski definition) is 6. The number of nitrogens with zero attached hydrogens (tertiary/aromatic N) is 1. The molecule has 25 heavy (non-hydrogen) atoms. The lowest BCUT2D eigenvalue weighted by Crippen LogP contribution is -2.44. The van der Waals surface area contributed by atoms with E-state index in [2.05, 4.69) is 5.43 Å². The Kier molecular flexibility index (Phi) is 5.01. The molecule has 0 atom stereocenters. The van der Waals surface area contributed by atoms with Crippen molar-refractivity contribution in [1.82, 2.24) is 10.4 Å². The monoisotopic (exact) mass is 372 g/mol. The Labute approximate surface area is 152 Å². The summed E-state index contributed by atoms with van der Waals surface area (Å²) in [6.45, 7) is 0. The molecule has 0 spiro atoms. The van der Waals surface area contributed by atoms with Crippen LogP contribution < -0.4 is 5.43 Å². The third-order valence-corrected chi connectivity index (χ3v) is 4.49. The molecule has 0 saturated carbocycles. The maximum absolute atomic E-state index is 12.4. The first-order valence-corrected chi connectivity index (χ1v) is 8.35. The predicted octanol–water partition coefficient (Wildman–Crippen LogP) is 3.09. The molecule has 1 fully saturated rings. The van der Waals surface area contributed by atoms with Crippen molar-refractivity contribution in [2.45, 2.75) is 0 Å². The quantitative estimate of drug-likeness (QED) is 0.634. The number of carbonyl (C=O) groups excluding carboxylic acids is 2. The Morgan fingerprint density at radius 3 is 2.88 bits per heavy atom. The number of nitrogens with one attached hydrogen (secondary N) is 1. The summed E-state index contributed by atoms with van der Waals surface area (Å²) in [4.78, 5) is 24.9. The fourth-order valence-electron chi connectivity index (χ4n) is 2.01. The molecule has 126 valence electrons. The summed E-state index contributed by atoms with van der Waals surface area (Å²) >= 11 is 6.22. The minimum Gasteiger partial charge on any atom is -0.508 e. The molecule has 8 heteroatoms. The molecule has 0 aliphatic carbocycles. The number of allylic oxidation sites excluding steroid dienone is 2. The van der Waals surface area contributed by atoms with Crippen LogP contribution in [0.25, 0.3) is 6.08 Å². The molecule has 0 radical (unpaired) electrons. The molecule has 2 N–H and O–H groups in total. The van der Waals surface area contributed by atoms with Gasteiger partial charge in [0.2, 0.25) is 0 Å². The van der Waals surface area contributed by atoms with Crippen molar-refractivity contribution in [3.63, 3.8) is 0 Å². The molecule has 1 aliphatic heterocycles. The molecule has 6 nitrogen and oxygen atoms in total. The minimum absolute atomic E-state index is 0.0407. The molecule has 2 heterocycles. The average molecular weight is 372 g/mol. The van der Waals surface area contributed by atoms with Gasteiger partial charge in [0.15, 0.2) is 4.32 Å². The second-order valence-electron chi connectivity index (χ2n) is 4.91. The number of furan rings is 1. The van der Waals surface area contributed by atoms with Crippen molar-refractivity contribution in [3.05, 3.63) is 71.0 Å². The third kappa shape index (κ3) is 3.98. The fourth-order valence-corrected chi connectivity index (χ4v) is 3.14. The van der Waals surface area contributed by atoms with E-state index >= 15 is 0 Å². The molecular weight excluding hydrogens is 360 g/mol. The lowest BCUT2D eigenvalue weighted by molar-refractivity contribution is -0.123. The SMILES string of the molecule is O=C(NN1C(=O)/C(=C\C=C\c2ccco2)SC1=S)c1cccc(O)c1. The first-order chi connectivity index (χ1) is 12.0. The van der Waals surface area contributed by atoms with Crippen LogP contribution in [0.4, 0.5) is 0 Å². The largest absolute Gasteiger partial charge is 0.508 e. The highest BCUT2D eigenvalue weighted by Crippen LogP contribution is 2.29. The van der Waals surface area contributed by atoms with Crippen LogP contribution in [0.2, 0.25) is 0 Å². The maximum atomic E-state index is 12.4. The standard InChI is InChI=1S/C17H12N2O4S2/c20-12-5-1-4-11(10-12)15(21)18-19-16(22)14(25-17(19)24)8-2-6-13-7-3-9-23-13/h1-10,20H,(H,18,21)/b6-2+,14-8+. The van der Waals surface area contributed by atoms with Crippen molar-refractivity contribution < 1.29 is 19.1 Å². The molecule has 0 unspecified atom stereocenters. The van der Waals surface area contributed by atoms with Gasteiger partial charge in [0.05, 0.1) is 11.2 Å². The summed E-state index contributed by atoms with van der Waals surface area (Å²) in [7, 11) is 0. The Balaban J connectivity index is 1.70. The third-order valence-electron chi connectivity index (χ3n) is 3.17. The number of aromatic hydroxyl groups is 1. The molecule has 2 aromatic rings. The van der Waals surface area contributed by atoms with Crippen molar-refractivity contribution >= 4 is 46.2 Å². The number of phenols is 1. The minimum atomic E-state index is -0.542. The van der Waals surface area contributed by atoms with E-state index in [1.165, 1.54) is 24.3 Å². The van der Waals surface area contributed by atoms with E-state index in [0.717, 1.165) is 16.8 Å². The van der Waals surface area contributed by atoms with Gasteiger partial charge in [-0.2, -0.15) is 5.01 Å². The van der Waals surface area contributed by atoms with Crippen LogP contribution in [0, 0.1) is 0 Å². The number of hydrazine groups is 1. The van der Waals surface area contributed by atoms with Gasteiger partial charge in [-0.25, -0.2) is 0 Å². The van der Waals surface area contributed by atoms with Gasteiger partial charge in [-0.3, -0.25) is 15.0 Å². The molecule has 1 saturated heterocycles. The van der Waals surface area contributed by atoms with E-state index in [1.54, 1.807) is 36.6 Å². The maximum Gasteiger partial charge on any atom is 0.285 e. The number of hydrogen-bond donors (Lipinski definition) is 2. The van der Waals surface area contributed by atoms with Gasteiger partial charge < -0.3 is 9.52 Å². The molecule has 0 bridgehead atoms. The zero-order valence-electron chi connectivity index (χ0n) is 12.7. The zero-order chi connectivity index (χ0) is 17.8. The van der Waals surface area contributed by atoms with Crippen LogP contribution in [-0.2, 0) is 4.79 Å². The summed E-state index contributed by atoms with van der Waals surface area (Å²) in [6.07, 6.45) is 6.53. The van der Waals surface area contributed by atoms with Gasteiger partial charge in [-0.1, -0.05) is 23.9 Å². The number of thiocarbonyl (C=S) groups is 1. The highest BCUT2D eigenvalue weighted by atomic mass is 32.2. The van der Waals surface area contributed by atoms with Crippen molar-refractivity contribution in [2.24, 2.45) is 0 Å². The summed E-state index contributed by atoms with van der Waals surface area (Å²) in [5, 5.41) is 10.4. The first-order valence-electron chi connectivity index (χ1n) is 7.13. The number of phenolic OH excluding ortho intramolecular Hbond substituents is 1. The summed E-state index contributed by atoms with van der Waals surface area (Å²) in [5.41, 5.74) is 2.66. The smallest absolute Gasteiger partial charge is 0.285 e. The van der Waals surface area contributed by atoms with Gasteiger partial charge in [0.1, 0.15) is 11.5 Å². The van der Waals surface area contributed by atoms with Crippen LogP contribution in [-0.4, -0.2) is 26.3 Å². The predicted molar refractivity (Wildman–Crippen MR) is 98.4 cm³/mol. The lowest BCUT2D eigenvalue weighted by Gasteiger charge is -2.15. The Bertz CT molecular complexity index is 888. The first kappa shape index (κ1) is 17.0. The molecule has 1 aliphatic rings. The van der Waals surface area contributed by atoms with E-state index < -0.39 is 11.8 Å². The van der Waals surface area contributed by atoms with Gasteiger partial charge in [-0.15, -0.1) is 0 Å². The van der Waals surface area contributed by atoms with Crippen molar-refractivity contribution in [2.75, 3.05) is 0 Å². The lowest BCUT2D eigenvalue weighted by atomic mass is 10.2. The summed E-state index contributed by atoms with van der Waals surface area (Å²) in [6, 6.07) is 9.35. The Morgan fingerprint density at radius 1 is 1.32 bits per heavy atom. The van der Waals surface area contributed by atoms with Crippen LogP contribution in [0.1, 0.15) is 16.1 Å². The number of carbonyl (C=O) groups is 2. The van der Waals surface area contributed by atoms with Crippen LogP contribution in [0.3, 0.4) is 0 Å². The van der Waals surface area contributed by atoms with E-state index in [9.17, 15) is 14.7 Å². The average Bonchev–Trinajstić information content (AvgIpc) is 3.19. The number of amides is 2. The fraction of sp³-hybridized carbons (Fsp3) is 0. The zero-order valence-corrected chi connectivity index (χ0v) is 14.3. The van der Waals surface area contributed by atoms with Gasteiger partial charge in [0.25, 0.3) is 11.8 Å². The van der Waals surface area contributed by atoms with Crippen LogP contribution in [0.15, 0.2) is 64.1 Å². The number of benzene rings is 1. The molecule has 1 aromatic heterocycles. The second-order valence-corrected chi connectivity index (χ2v) is 6.58. The summed E-state index contributed by atoms with van der Waals surface area (Å²) in [5.74, 6) is -0.350. The van der Waals surface area contributed by atoms with Crippen LogP contribution >= 0.6 is 24.0 Å². The van der Waals surface area contributed by atoms with E-state index in [4.69, 9.17) is 16.6 Å². The van der Waals surface area contributed by atoms with E-state index in [0.29, 0.717) is 10.7 Å². The van der Waals surface area contributed by atoms with E-state index in [1.807, 2.05) is 0 Å². The Morgan fingerprint density at radius 2 is 2.16 bits per heavy atom. The van der Waals surface area contributed by atoms with Gasteiger partial charge in [0, 0.05) is 5.56 Å². The molecular formula is C17H12N2O4S2. The summed E-state index contributed by atoms with van der Waals surface area (Å²) < 4.78 is 5.38. The Hall–Kier alpha value is -2.84. The topological polar surface area (TPSA) is 82.8 Å². The van der Waals surface area contributed by atoms with Gasteiger partial charge in [-0.05, 0) is 54.7 Å². The number of thioether (sulfide) groups is 1.